The summed E-state index contributed by atoms with van der Waals surface area (Å²) in [6, 6.07) is 3.35. The van der Waals surface area contributed by atoms with E-state index in [9.17, 15) is 44.1 Å². The third-order valence-electron chi connectivity index (χ3n) is 5.77. The van der Waals surface area contributed by atoms with Gasteiger partial charge in [0.05, 0.1) is 18.7 Å². The molecule has 1 saturated heterocycles. The van der Waals surface area contributed by atoms with Gasteiger partial charge in [0.25, 0.3) is 5.91 Å². The Kier molecular flexibility index (Phi) is 7.09. The standard InChI is InChI=1S/C21H21F4N3O7/c1-20(23,24)18(32)27-13-14(28-7-9-4-2-3-5-10(9)11(28)6-26)17(22)21(25,19(33)34)35-16(13)15(31)12(30)8-29/h2-5,7,12-17,29-31H,8H2,1H3,(H,27,32)(H,33,34)/t12-,13-,14-,15-,16-,17?,21?/m1/s1. The first-order valence-electron chi connectivity index (χ1n) is 10.2. The van der Waals surface area contributed by atoms with Crippen LogP contribution in [-0.4, -0.2) is 85.8 Å². The van der Waals surface area contributed by atoms with Crippen molar-refractivity contribution >= 4 is 22.6 Å². The number of rotatable bonds is 7. The van der Waals surface area contributed by atoms with Crippen molar-refractivity contribution in [3.8, 4) is 6.07 Å². The molecule has 1 fully saturated rings. The molecule has 10 nitrogen and oxygen atoms in total. The van der Waals surface area contributed by atoms with Crippen LogP contribution in [0.25, 0.3) is 10.8 Å². The number of halogens is 4. The van der Waals surface area contributed by atoms with Crippen molar-refractivity contribution in [3.05, 3.63) is 36.2 Å². The number of alkyl halides is 4. The summed E-state index contributed by atoms with van der Waals surface area (Å²) in [6.45, 7) is -0.970. The molecule has 35 heavy (non-hydrogen) atoms. The quantitative estimate of drug-likeness (QED) is 0.339. The number of benzene rings is 1. The number of ether oxygens (including phenoxy) is 1. The predicted octanol–water partition coefficient (Wildman–Crippen LogP) is 0.395. The maximum absolute atomic E-state index is 15.7. The molecule has 2 heterocycles. The van der Waals surface area contributed by atoms with Crippen LogP contribution < -0.4 is 5.32 Å². The van der Waals surface area contributed by atoms with Crippen molar-refractivity contribution in [3.63, 3.8) is 0 Å². The van der Waals surface area contributed by atoms with Crippen molar-refractivity contribution in [2.45, 2.75) is 55.3 Å². The number of aliphatic hydroxyl groups is 3. The molecule has 2 aromatic rings. The minimum absolute atomic E-state index is 0.198. The average Bonchev–Trinajstić information content (AvgIpc) is 3.17. The lowest BCUT2D eigenvalue weighted by molar-refractivity contribution is -0.283. The van der Waals surface area contributed by atoms with Gasteiger partial charge in [-0.1, -0.05) is 24.3 Å². The summed E-state index contributed by atoms with van der Waals surface area (Å²) in [5, 5.41) is 50.8. The van der Waals surface area contributed by atoms with E-state index in [0.29, 0.717) is 5.39 Å². The van der Waals surface area contributed by atoms with Crippen LogP contribution in [0.5, 0.6) is 0 Å². The van der Waals surface area contributed by atoms with Gasteiger partial charge >= 0.3 is 17.7 Å². The van der Waals surface area contributed by atoms with E-state index in [1.165, 1.54) is 18.2 Å². The smallest absolute Gasteiger partial charge is 0.372 e. The largest absolute Gasteiger partial charge is 0.477 e. The Morgan fingerprint density at radius 3 is 2.51 bits per heavy atom. The fraction of sp³-hybridized carbons (Fsp3) is 0.476. The van der Waals surface area contributed by atoms with E-state index in [2.05, 4.69) is 4.74 Å². The minimum atomic E-state index is -4.20. The lowest BCUT2D eigenvalue weighted by Crippen LogP contribution is -2.70. The number of carbonyl (C=O) groups excluding carboxylic acids is 1. The highest BCUT2D eigenvalue weighted by Crippen LogP contribution is 2.43. The number of aliphatic hydroxyl groups excluding tert-OH is 3. The van der Waals surface area contributed by atoms with Crippen LogP contribution in [-0.2, 0) is 14.3 Å². The van der Waals surface area contributed by atoms with Gasteiger partial charge in [-0.2, -0.15) is 18.4 Å². The zero-order valence-corrected chi connectivity index (χ0v) is 18.0. The summed E-state index contributed by atoms with van der Waals surface area (Å²) in [7, 11) is 0. The van der Waals surface area contributed by atoms with Crippen LogP contribution in [0.3, 0.4) is 0 Å². The van der Waals surface area contributed by atoms with Crippen molar-refractivity contribution < 1.29 is 52.3 Å². The van der Waals surface area contributed by atoms with E-state index in [1.807, 2.05) is 0 Å². The number of hydrogen-bond donors (Lipinski definition) is 5. The fourth-order valence-electron chi connectivity index (χ4n) is 4.00. The lowest BCUT2D eigenvalue weighted by atomic mass is 9.85. The van der Waals surface area contributed by atoms with E-state index >= 15 is 8.78 Å². The van der Waals surface area contributed by atoms with Crippen molar-refractivity contribution in [1.29, 1.82) is 5.26 Å². The SMILES string of the molecule is CC(F)(F)C(=O)N[C@H]1[C@H]([C@H](O)[C@H](O)CO)OC(F)(C(=O)O)C(F)[C@@H]1n1cc2ccccc2c1C#N. The lowest BCUT2D eigenvalue weighted by Gasteiger charge is -2.47. The second-order valence-electron chi connectivity index (χ2n) is 8.14. The summed E-state index contributed by atoms with van der Waals surface area (Å²) in [5.41, 5.74) is -0.332. The van der Waals surface area contributed by atoms with Crippen LogP contribution in [0.1, 0.15) is 18.7 Å². The number of carbonyl (C=O) groups is 2. The predicted molar refractivity (Wildman–Crippen MR) is 109 cm³/mol. The van der Waals surface area contributed by atoms with Gasteiger partial charge < -0.3 is 35.0 Å². The Labute approximate surface area is 194 Å². The van der Waals surface area contributed by atoms with Crippen LogP contribution >= 0.6 is 0 Å². The summed E-state index contributed by atoms with van der Waals surface area (Å²) >= 11 is 0. The maximum atomic E-state index is 15.7. The number of carboxylic acids is 1. The molecule has 0 bridgehead atoms. The summed E-state index contributed by atoms with van der Waals surface area (Å²) in [6.07, 6.45) is -8.96. The number of nitriles is 1. The highest BCUT2D eigenvalue weighted by atomic mass is 19.3. The molecule has 5 N–H and O–H groups in total. The highest BCUT2D eigenvalue weighted by Gasteiger charge is 2.64. The van der Waals surface area contributed by atoms with E-state index in [1.54, 1.807) is 17.5 Å². The van der Waals surface area contributed by atoms with Crippen LogP contribution in [0.4, 0.5) is 17.6 Å². The number of fused-ring (bicyclic) bond motifs is 1. The molecule has 1 amide bonds. The second kappa shape index (κ2) is 9.42. The van der Waals surface area contributed by atoms with Gasteiger partial charge in [0, 0.05) is 23.9 Å². The van der Waals surface area contributed by atoms with E-state index in [4.69, 9.17) is 0 Å². The number of nitrogens with zero attached hydrogens (tertiary/aromatic N) is 2. The van der Waals surface area contributed by atoms with Gasteiger partial charge in [-0.3, -0.25) is 4.79 Å². The number of aliphatic carboxylic acids is 1. The highest BCUT2D eigenvalue weighted by molar-refractivity contribution is 5.88. The summed E-state index contributed by atoms with van der Waals surface area (Å²) in [4.78, 5) is 23.8. The van der Waals surface area contributed by atoms with Crippen molar-refractivity contribution in [2.24, 2.45) is 0 Å². The van der Waals surface area contributed by atoms with Gasteiger partial charge in [-0.05, 0) is 0 Å². The number of carboxylic acid groups (broad SMARTS) is 1. The average molecular weight is 503 g/mol. The fourth-order valence-corrected chi connectivity index (χ4v) is 4.00. The van der Waals surface area contributed by atoms with Crippen LogP contribution in [0.2, 0.25) is 0 Å². The maximum Gasteiger partial charge on any atom is 0.372 e. The Bertz CT molecular complexity index is 1160. The van der Waals surface area contributed by atoms with E-state index in [-0.39, 0.29) is 18.0 Å². The van der Waals surface area contributed by atoms with Gasteiger partial charge in [-0.15, -0.1) is 0 Å². The first-order chi connectivity index (χ1) is 16.3. The summed E-state index contributed by atoms with van der Waals surface area (Å²) in [5.74, 6) is -12.8. The molecule has 14 heteroatoms. The minimum Gasteiger partial charge on any atom is -0.477 e. The normalized spacial score (nSPS) is 28.8. The molecule has 7 atom stereocenters. The second-order valence-corrected chi connectivity index (χ2v) is 8.14. The Morgan fingerprint density at radius 1 is 1.34 bits per heavy atom. The number of hydrogen-bond acceptors (Lipinski definition) is 7. The van der Waals surface area contributed by atoms with Gasteiger partial charge in [0.2, 0.25) is 0 Å². The Balaban J connectivity index is 2.29. The number of nitrogens with one attached hydrogen (secondary N) is 1. The molecule has 0 saturated carbocycles. The molecule has 0 radical (unpaired) electrons. The molecule has 3 rings (SSSR count). The molecule has 2 unspecified atom stereocenters. The van der Waals surface area contributed by atoms with Crippen molar-refractivity contribution in [1.82, 2.24) is 9.88 Å². The molecular weight excluding hydrogens is 482 g/mol. The molecule has 1 aromatic heterocycles. The molecule has 1 aromatic carbocycles. The molecule has 0 spiro atoms. The first-order valence-corrected chi connectivity index (χ1v) is 10.2. The monoisotopic (exact) mass is 503 g/mol. The van der Waals surface area contributed by atoms with Gasteiger partial charge in [0.15, 0.2) is 6.17 Å². The molecule has 1 aliphatic rings. The molecular formula is C21H21F4N3O7. The first kappa shape index (κ1) is 26.4. The third kappa shape index (κ3) is 4.55. The number of amides is 1. The van der Waals surface area contributed by atoms with E-state index in [0.717, 1.165) is 10.8 Å². The Morgan fingerprint density at radius 2 is 1.97 bits per heavy atom. The zero-order chi connectivity index (χ0) is 26.3. The topological polar surface area (TPSA) is 165 Å². The molecule has 190 valence electrons. The van der Waals surface area contributed by atoms with Crippen molar-refractivity contribution in [2.75, 3.05) is 6.61 Å². The molecule has 0 aliphatic carbocycles. The zero-order valence-electron chi connectivity index (χ0n) is 18.0. The third-order valence-corrected chi connectivity index (χ3v) is 5.77. The van der Waals surface area contributed by atoms with Crippen LogP contribution in [0.15, 0.2) is 30.5 Å². The van der Waals surface area contributed by atoms with Crippen LogP contribution in [0, 0.1) is 11.3 Å². The van der Waals surface area contributed by atoms with Gasteiger partial charge in [0.1, 0.15) is 30.1 Å². The van der Waals surface area contributed by atoms with Gasteiger partial charge in [-0.25, -0.2) is 9.18 Å². The van der Waals surface area contributed by atoms with E-state index < -0.39 is 66.8 Å². The summed E-state index contributed by atoms with van der Waals surface area (Å²) < 4.78 is 63.9. The number of aromatic nitrogens is 1. The molecule has 1 aliphatic heterocycles. The Hall–Kier alpha value is -3.25.